The van der Waals surface area contributed by atoms with E-state index in [1.807, 2.05) is 13.8 Å². The predicted molar refractivity (Wildman–Crippen MR) is 94.8 cm³/mol. The van der Waals surface area contributed by atoms with Crippen LogP contribution in [0.2, 0.25) is 5.02 Å². The van der Waals surface area contributed by atoms with Crippen LogP contribution < -0.4 is 10.6 Å². The van der Waals surface area contributed by atoms with Crippen LogP contribution in [0.5, 0.6) is 0 Å². The maximum Gasteiger partial charge on any atom is 0.324 e. The number of rotatable bonds is 3. The van der Waals surface area contributed by atoms with Crippen molar-refractivity contribution in [3.05, 3.63) is 40.2 Å². The van der Waals surface area contributed by atoms with Crippen molar-refractivity contribution in [3.63, 3.8) is 0 Å². The smallest absolute Gasteiger partial charge is 0.324 e. The van der Waals surface area contributed by atoms with E-state index < -0.39 is 6.03 Å². The van der Waals surface area contributed by atoms with E-state index in [9.17, 15) is 4.79 Å². The fourth-order valence-electron chi connectivity index (χ4n) is 2.09. The van der Waals surface area contributed by atoms with E-state index in [4.69, 9.17) is 16.1 Å². The summed E-state index contributed by atoms with van der Waals surface area (Å²) in [6, 6.07) is -0.469. The number of aryl methyl sites for hydroxylation is 2. The van der Waals surface area contributed by atoms with Crippen LogP contribution in [0.3, 0.4) is 0 Å². The van der Waals surface area contributed by atoms with Crippen LogP contribution in [0.4, 0.5) is 10.6 Å². The summed E-state index contributed by atoms with van der Waals surface area (Å²) in [6.45, 7) is 7.16. The van der Waals surface area contributed by atoms with Gasteiger partial charge in [0.2, 0.25) is 0 Å². The van der Waals surface area contributed by atoms with Crippen molar-refractivity contribution < 1.29 is 9.32 Å². The third-order valence-corrected chi connectivity index (χ3v) is 3.73. The van der Waals surface area contributed by atoms with Gasteiger partial charge in [0.1, 0.15) is 0 Å². The number of hydrogen-bond acceptors (Lipinski definition) is 4. The summed E-state index contributed by atoms with van der Waals surface area (Å²) in [5, 5.41) is 10.3. The highest BCUT2D eigenvalue weighted by atomic mass is 35.5. The number of urea groups is 1. The van der Waals surface area contributed by atoms with Crippen LogP contribution >= 0.6 is 11.6 Å². The first-order valence-corrected chi connectivity index (χ1v) is 7.61. The molecule has 124 valence electrons. The minimum atomic E-state index is -0.469. The van der Waals surface area contributed by atoms with E-state index >= 15 is 0 Å². The first kappa shape index (κ1) is 17.6. The average molecular weight is 345 g/mol. The van der Waals surface area contributed by atoms with Crippen molar-refractivity contribution >= 4 is 34.5 Å². The summed E-state index contributed by atoms with van der Waals surface area (Å²) in [5.74, 6) is 5.78. The third kappa shape index (κ3) is 3.76. The Balaban J connectivity index is 2.27. The maximum atomic E-state index is 12.2. The molecule has 0 aliphatic rings. The number of nitrogens with one attached hydrogen (secondary N) is 2. The highest BCUT2D eigenvalue weighted by molar-refractivity contribution is 6.33. The van der Waals surface area contributed by atoms with Gasteiger partial charge >= 0.3 is 6.03 Å². The molecule has 0 unspecified atom stereocenters. The lowest BCUT2D eigenvalue weighted by Crippen LogP contribution is -2.27. The molecule has 2 heterocycles. The van der Waals surface area contributed by atoms with Gasteiger partial charge in [0, 0.05) is 6.08 Å². The molecule has 2 rings (SSSR count). The molecule has 2 aromatic rings. The zero-order chi connectivity index (χ0) is 17.7. The number of nitrogens with zero attached hydrogens (tertiary/aromatic N) is 2. The van der Waals surface area contributed by atoms with Gasteiger partial charge in [-0.3, -0.25) is 5.32 Å². The molecule has 0 saturated carbocycles. The summed E-state index contributed by atoms with van der Waals surface area (Å²) in [5.41, 5.74) is 2.27. The Bertz CT molecular complexity index is 901. The van der Waals surface area contributed by atoms with Gasteiger partial charge in [-0.15, -0.1) is 5.92 Å². The lowest BCUT2D eigenvalue weighted by atomic mass is 10.2. The molecule has 2 amide bonds. The molecule has 0 saturated heterocycles. The topological polar surface area (TPSA) is 80.0 Å². The molecule has 0 aromatic carbocycles. The van der Waals surface area contributed by atoms with Crippen LogP contribution in [-0.4, -0.2) is 16.2 Å². The van der Waals surface area contributed by atoms with Crippen LogP contribution in [-0.2, 0) is 0 Å². The molecule has 0 atom stereocenters. The third-order valence-electron chi connectivity index (χ3n) is 3.17. The number of pyridine rings is 1. The van der Waals surface area contributed by atoms with Gasteiger partial charge in [0.05, 0.1) is 21.8 Å². The number of hydrogen-bond donors (Lipinski definition) is 2. The zero-order valence-electron chi connectivity index (χ0n) is 13.8. The van der Waals surface area contributed by atoms with Crippen molar-refractivity contribution in [3.8, 4) is 11.8 Å². The quantitative estimate of drug-likeness (QED) is 0.649. The van der Waals surface area contributed by atoms with E-state index in [0.29, 0.717) is 27.5 Å². The number of carbonyl (C=O) groups is 1. The van der Waals surface area contributed by atoms with Gasteiger partial charge in [-0.05, 0) is 39.3 Å². The Morgan fingerprint density at radius 1 is 1.38 bits per heavy atom. The van der Waals surface area contributed by atoms with Crippen molar-refractivity contribution in [1.82, 2.24) is 15.5 Å². The fourth-order valence-corrected chi connectivity index (χ4v) is 2.23. The number of halogens is 1. The SMILES string of the molecule is CC#C/C=C(\C=C/C)NC(=O)Nc1noc2nc(C)c(Cl)c(C)c12. The monoisotopic (exact) mass is 344 g/mol. The minimum absolute atomic E-state index is 0.260. The summed E-state index contributed by atoms with van der Waals surface area (Å²) in [6.07, 6.45) is 5.14. The summed E-state index contributed by atoms with van der Waals surface area (Å²) < 4.78 is 5.17. The Morgan fingerprint density at radius 2 is 2.12 bits per heavy atom. The maximum absolute atomic E-state index is 12.2. The molecular formula is C17H17ClN4O2. The van der Waals surface area contributed by atoms with E-state index in [1.54, 1.807) is 32.1 Å². The van der Waals surface area contributed by atoms with Crippen molar-refractivity contribution in [2.24, 2.45) is 0 Å². The van der Waals surface area contributed by atoms with Crippen LogP contribution in [0.1, 0.15) is 25.1 Å². The molecule has 0 aliphatic heterocycles. The molecule has 0 fully saturated rings. The average Bonchev–Trinajstić information content (AvgIpc) is 2.93. The van der Waals surface area contributed by atoms with Crippen LogP contribution in [0, 0.1) is 25.7 Å². The highest BCUT2D eigenvalue weighted by Gasteiger charge is 2.18. The summed E-state index contributed by atoms with van der Waals surface area (Å²) in [4.78, 5) is 16.4. The van der Waals surface area contributed by atoms with E-state index in [1.165, 1.54) is 0 Å². The highest BCUT2D eigenvalue weighted by Crippen LogP contribution is 2.31. The Labute approximate surface area is 144 Å². The fraction of sp³-hybridized carbons (Fsp3) is 0.235. The second-order valence-electron chi connectivity index (χ2n) is 4.92. The number of anilines is 1. The Kier molecular flexibility index (Phi) is 5.61. The van der Waals surface area contributed by atoms with Gasteiger partial charge in [0.25, 0.3) is 5.71 Å². The van der Waals surface area contributed by atoms with E-state index in [0.717, 1.165) is 5.56 Å². The Morgan fingerprint density at radius 3 is 2.79 bits per heavy atom. The van der Waals surface area contributed by atoms with Gasteiger partial charge < -0.3 is 9.84 Å². The largest absolute Gasteiger partial charge is 0.334 e. The van der Waals surface area contributed by atoms with E-state index in [2.05, 4.69) is 32.6 Å². The first-order valence-electron chi connectivity index (χ1n) is 7.23. The van der Waals surface area contributed by atoms with Gasteiger partial charge in [-0.1, -0.05) is 28.8 Å². The molecule has 0 aliphatic carbocycles. The molecule has 0 radical (unpaired) electrons. The number of fused-ring (bicyclic) bond motifs is 1. The minimum Gasteiger partial charge on any atom is -0.334 e. The van der Waals surface area contributed by atoms with Crippen LogP contribution in [0.15, 0.2) is 28.4 Å². The van der Waals surface area contributed by atoms with Crippen molar-refractivity contribution in [2.75, 3.05) is 5.32 Å². The predicted octanol–water partition coefficient (Wildman–Crippen LogP) is 4.10. The number of amides is 2. The molecule has 2 aromatic heterocycles. The molecule has 0 bridgehead atoms. The molecule has 24 heavy (non-hydrogen) atoms. The summed E-state index contributed by atoms with van der Waals surface area (Å²) in [7, 11) is 0. The molecule has 6 nitrogen and oxygen atoms in total. The first-order chi connectivity index (χ1) is 11.5. The number of carbonyl (C=O) groups excluding carboxylic acids is 1. The van der Waals surface area contributed by atoms with Gasteiger partial charge in [-0.25, -0.2) is 9.78 Å². The van der Waals surface area contributed by atoms with E-state index in [-0.39, 0.29) is 5.82 Å². The molecule has 7 heteroatoms. The lowest BCUT2D eigenvalue weighted by molar-refractivity contribution is 0.254. The van der Waals surface area contributed by atoms with Crippen LogP contribution in [0.25, 0.3) is 11.1 Å². The van der Waals surface area contributed by atoms with Gasteiger partial charge in [0.15, 0.2) is 5.82 Å². The lowest BCUT2D eigenvalue weighted by Gasteiger charge is -2.07. The standard InChI is InChI=1S/C17H17ClN4O2/c1-5-7-9-12(8-6-2)20-17(23)21-15-13-10(3)14(18)11(4)19-16(13)24-22-15/h6,8-9H,1-4H3,(H2,20,21,22,23)/b8-6-,12-9+. The van der Waals surface area contributed by atoms with Crippen molar-refractivity contribution in [1.29, 1.82) is 0 Å². The molecule has 0 spiro atoms. The number of allylic oxidation sites excluding steroid dienone is 3. The van der Waals surface area contributed by atoms with Gasteiger partial charge in [-0.2, -0.15) is 0 Å². The Hall–Kier alpha value is -2.78. The van der Waals surface area contributed by atoms with Crippen molar-refractivity contribution in [2.45, 2.75) is 27.7 Å². The second-order valence-corrected chi connectivity index (χ2v) is 5.30. The normalized spacial score (nSPS) is 11.5. The summed E-state index contributed by atoms with van der Waals surface area (Å²) >= 11 is 6.21. The zero-order valence-corrected chi connectivity index (χ0v) is 14.6. The second kappa shape index (κ2) is 7.66. The molecular weight excluding hydrogens is 328 g/mol. The molecule has 2 N–H and O–H groups in total. The number of aromatic nitrogens is 2.